The molecule has 3 rings (SSSR count). The SMILES string of the molecule is CC1(C)OC=C([C@H](CS(=O)(=O)c2ccc(Oc3ccc(OC(F)(F)F)cc3)cc2)NO)O1. The molecule has 0 saturated carbocycles. The molecular formula is C20H20F3NO7S. The van der Waals surface area contributed by atoms with Crippen LogP contribution in [0, 0.1) is 0 Å². The fourth-order valence-corrected chi connectivity index (χ4v) is 4.17. The molecule has 12 heteroatoms. The van der Waals surface area contributed by atoms with Crippen LogP contribution in [0.5, 0.6) is 17.2 Å². The van der Waals surface area contributed by atoms with E-state index < -0.39 is 39.5 Å². The van der Waals surface area contributed by atoms with Crippen LogP contribution in [0.25, 0.3) is 0 Å². The van der Waals surface area contributed by atoms with Crippen LogP contribution in [0.2, 0.25) is 0 Å². The van der Waals surface area contributed by atoms with Gasteiger partial charge in [-0.1, -0.05) is 0 Å². The van der Waals surface area contributed by atoms with E-state index in [0.29, 0.717) is 0 Å². The smallest absolute Gasteiger partial charge is 0.457 e. The molecule has 32 heavy (non-hydrogen) atoms. The Morgan fingerprint density at radius 3 is 2.03 bits per heavy atom. The number of nitrogens with one attached hydrogen (secondary N) is 1. The van der Waals surface area contributed by atoms with E-state index in [4.69, 9.17) is 14.2 Å². The second-order valence-electron chi connectivity index (χ2n) is 7.20. The summed E-state index contributed by atoms with van der Waals surface area (Å²) in [5.41, 5.74) is 1.91. The van der Waals surface area contributed by atoms with E-state index in [1.54, 1.807) is 13.8 Å². The second kappa shape index (κ2) is 8.88. The van der Waals surface area contributed by atoms with E-state index in [9.17, 15) is 26.8 Å². The van der Waals surface area contributed by atoms with Crippen molar-refractivity contribution in [3.05, 3.63) is 60.6 Å². The molecule has 2 N–H and O–H groups in total. The predicted octanol–water partition coefficient (Wildman–Crippen LogP) is 4.12. The summed E-state index contributed by atoms with van der Waals surface area (Å²) in [5, 5.41) is 9.37. The molecule has 0 saturated heterocycles. The summed E-state index contributed by atoms with van der Waals surface area (Å²) in [7, 11) is -3.84. The first-order valence-electron chi connectivity index (χ1n) is 9.20. The molecule has 1 atom stereocenters. The average Bonchev–Trinajstić information content (AvgIpc) is 3.06. The Labute approximate surface area is 182 Å². The summed E-state index contributed by atoms with van der Waals surface area (Å²) in [6.07, 6.45) is -3.55. The van der Waals surface area contributed by atoms with Crippen LogP contribution in [0.4, 0.5) is 13.2 Å². The van der Waals surface area contributed by atoms with E-state index in [1.807, 2.05) is 5.48 Å². The highest BCUT2D eigenvalue weighted by Crippen LogP contribution is 2.30. The predicted molar refractivity (Wildman–Crippen MR) is 105 cm³/mol. The number of sulfone groups is 1. The zero-order chi connectivity index (χ0) is 23.6. The number of rotatable bonds is 8. The topological polar surface area (TPSA) is 103 Å². The quantitative estimate of drug-likeness (QED) is 0.550. The molecule has 1 aliphatic rings. The number of hydrogen-bond acceptors (Lipinski definition) is 8. The van der Waals surface area contributed by atoms with Gasteiger partial charge < -0.3 is 24.2 Å². The van der Waals surface area contributed by atoms with Gasteiger partial charge in [-0.3, -0.25) is 0 Å². The van der Waals surface area contributed by atoms with Gasteiger partial charge >= 0.3 is 6.36 Å². The number of benzene rings is 2. The summed E-state index contributed by atoms with van der Waals surface area (Å²) in [4.78, 5) is -0.0298. The molecule has 0 unspecified atom stereocenters. The third kappa shape index (κ3) is 6.28. The van der Waals surface area contributed by atoms with Crippen LogP contribution < -0.4 is 15.0 Å². The molecule has 174 valence electrons. The lowest BCUT2D eigenvalue weighted by atomic mass is 10.3. The summed E-state index contributed by atoms with van der Waals surface area (Å²) in [6.45, 7) is 3.27. The fourth-order valence-electron chi connectivity index (χ4n) is 2.74. The molecule has 2 aromatic carbocycles. The second-order valence-corrected chi connectivity index (χ2v) is 9.23. The summed E-state index contributed by atoms with van der Waals surface area (Å²) >= 11 is 0. The maximum atomic E-state index is 12.7. The van der Waals surface area contributed by atoms with Gasteiger partial charge in [-0.2, -0.15) is 5.48 Å². The van der Waals surface area contributed by atoms with Crippen molar-refractivity contribution in [1.29, 1.82) is 0 Å². The third-order valence-corrected chi connectivity index (χ3v) is 5.95. The zero-order valence-electron chi connectivity index (χ0n) is 16.9. The minimum atomic E-state index is -4.79. The Morgan fingerprint density at radius 1 is 1.03 bits per heavy atom. The molecule has 1 heterocycles. The monoisotopic (exact) mass is 475 g/mol. The highest BCUT2D eigenvalue weighted by atomic mass is 32.2. The van der Waals surface area contributed by atoms with Gasteiger partial charge in [0.1, 0.15) is 29.6 Å². The number of halogens is 3. The minimum absolute atomic E-state index is 0.0298. The lowest BCUT2D eigenvalue weighted by Gasteiger charge is -2.21. The normalized spacial score (nSPS) is 16.5. The molecule has 0 aromatic heterocycles. The van der Waals surface area contributed by atoms with E-state index in [1.165, 1.54) is 42.7 Å². The van der Waals surface area contributed by atoms with E-state index in [0.717, 1.165) is 12.1 Å². The first-order chi connectivity index (χ1) is 14.9. The molecule has 0 aliphatic carbocycles. The van der Waals surface area contributed by atoms with Gasteiger partial charge in [-0.15, -0.1) is 13.2 Å². The van der Waals surface area contributed by atoms with Crippen molar-refractivity contribution in [3.63, 3.8) is 0 Å². The standard InChI is InChI=1S/C20H20F3NO7S/c1-19(2)28-11-18(31-19)17(24-25)12-32(26,27)16-9-7-14(8-10-16)29-13-3-5-15(6-4-13)30-20(21,22)23/h3-11,17,24-25H,12H2,1-2H3/t17-/m0/s1. The molecule has 0 spiro atoms. The van der Waals surface area contributed by atoms with Gasteiger partial charge in [0, 0.05) is 13.8 Å². The van der Waals surface area contributed by atoms with E-state index in [2.05, 4.69) is 4.74 Å². The van der Waals surface area contributed by atoms with Crippen molar-refractivity contribution in [2.45, 2.75) is 36.9 Å². The molecule has 2 aromatic rings. The largest absolute Gasteiger partial charge is 0.573 e. The lowest BCUT2D eigenvalue weighted by molar-refractivity contribution is -0.274. The number of hydroxylamine groups is 1. The van der Waals surface area contributed by atoms with Crippen molar-refractivity contribution in [1.82, 2.24) is 5.48 Å². The highest BCUT2D eigenvalue weighted by Gasteiger charge is 2.34. The van der Waals surface area contributed by atoms with Crippen molar-refractivity contribution in [3.8, 4) is 17.2 Å². The molecule has 1 aliphatic heterocycles. The highest BCUT2D eigenvalue weighted by molar-refractivity contribution is 7.91. The molecule has 0 bridgehead atoms. The summed E-state index contributed by atoms with van der Waals surface area (Å²) in [5.74, 6) is -1.23. The van der Waals surface area contributed by atoms with E-state index >= 15 is 0 Å². The first-order valence-corrected chi connectivity index (χ1v) is 10.9. The van der Waals surface area contributed by atoms with Crippen molar-refractivity contribution in [2.75, 3.05) is 5.75 Å². The van der Waals surface area contributed by atoms with Crippen molar-refractivity contribution >= 4 is 9.84 Å². The van der Waals surface area contributed by atoms with E-state index in [-0.39, 0.29) is 22.2 Å². The van der Waals surface area contributed by atoms with Gasteiger partial charge in [-0.25, -0.2) is 8.42 Å². The molecular weight excluding hydrogens is 455 g/mol. The van der Waals surface area contributed by atoms with Gasteiger partial charge in [-0.05, 0) is 48.5 Å². The maximum absolute atomic E-state index is 12.7. The summed E-state index contributed by atoms with van der Waals surface area (Å²) in [6, 6.07) is 9.11. The lowest BCUT2D eigenvalue weighted by Crippen LogP contribution is -2.37. The molecule has 0 fully saturated rings. The Kier molecular flexibility index (Phi) is 6.58. The first kappa shape index (κ1) is 23.7. The van der Waals surface area contributed by atoms with Gasteiger partial charge in [0.05, 0.1) is 10.6 Å². The van der Waals surface area contributed by atoms with Crippen LogP contribution >= 0.6 is 0 Å². The zero-order valence-corrected chi connectivity index (χ0v) is 17.7. The Balaban J connectivity index is 1.65. The van der Waals surface area contributed by atoms with Crippen LogP contribution in [-0.2, 0) is 19.3 Å². The minimum Gasteiger partial charge on any atom is -0.457 e. The van der Waals surface area contributed by atoms with Crippen molar-refractivity contribution in [2.24, 2.45) is 0 Å². The Hall–Kier alpha value is -2.96. The fraction of sp³-hybridized carbons (Fsp3) is 0.300. The van der Waals surface area contributed by atoms with Crippen LogP contribution in [0.1, 0.15) is 13.8 Å². The van der Waals surface area contributed by atoms with Crippen LogP contribution in [0.15, 0.2) is 65.4 Å². The third-order valence-electron chi connectivity index (χ3n) is 4.18. The van der Waals surface area contributed by atoms with Crippen LogP contribution in [0.3, 0.4) is 0 Å². The average molecular weight is 475 g/mol. The van der Waals surface area contributed by atoms with Crippen LogP contribution in [-0.4, -0.2) is 37.6 Å². The molecule has 0 radical (unpaired) electrons. The van der Waals surface area contributed by atoms with Gasteiger partial charge in [0.25, 0.3) is 0 Å². The molecule has 0 amide bonds. The Morgan fingerprint density at radius 2 is 1.56 bits per heavy atom. The molecule has 8 nitrogen and oxygen atoms in total. The maximum Gasteiger partial charge on any atom is 0.573 e. The van der Waals surface area contributed by atoms with Crippen molar-refractivity contribution < 1.29 is 45.7 Å². The van der Waals surface area contributed by atoms with Gasteiger partial charge in [0.15, 0.2) is 15.6 Å². The number of alkyl halides is 3. The Bertz CT molecular complexity index is 1070. The van der Waals surface area contributed by atoms with Gasteiger partial charge in [0.2, 0.25) is 5.79 Å². The number of hydrogen-bond donors (Lipinski definition) is 2. The summed E-state index contributed by atoms with van der Waals surface area (Å²) < 4.78 is 82.1. The number of ether oxygens (including phenoxy) is 4.